The molecule has 2 heterocycles. The molecule has 0 fully saturated rings. The molecule has 0 radical (unpaired) electrons. The monoisotopic (exact) mass is 342 g/mol. The van der Waals surface area contributed by atoms with E-state index in [1.165, 1.54) is 6.33 Å². The molecule has 0 aliphatic rings. The lowest BCUT2D eigenvalue weighted by molar-refractivity contribution is 1.06. The van der Waals surface area contributed by atoms with Crippen molar-refractivity contribution >= 4 is 50.3 Å². The van der Waals surface area contributed by atoms with Crippen molar-refractivity contribution in [1.29, 1.82) is 0 Å². The summed E-state index contributed by atoms with van der Waals surface area (Å²) in [5, 5.41) is 0.922. The first-order valence-corrected chi connectivity index (χ1v) is 6.50. The Labute approximate surface area is 121 Å². The molecule has 0 saturated carbocycles. The highest BCUT2D eigenvalue weighted by atomic mass is 79.9. The molecule has 0 N–H and O–H groups in total. The van der Waals surface area contributed by atoms with Gasteiger partial charge in [-0.25, -0.2) is 15.0 Å². The van der Waals surface area contributed by atoms with Gasteiger partial charge in [-0.3, -0.25) is 4.57 Å². The zero-order valence-electron chi connectivity index (χ0n) is 8.81. The molecule has 0 unspecified atom stereocenters. The minimum Gasteiger partial charge on any atom is -0.282 e. The Morgan fingerprint density at radius 1 is 1.11 bits per heavy atom. The number of nitrogens with zero attached hydrogens (tertiary/aromatic N) is 4. The summed E-state index contributed by atoms with van der Waals surface area (Å²) in [7, 11) is 0. The molecular formula is C11H5BrCl2N4. The van der Waals surface area contributed by atoms with Crippen LogP contribution in [0, 0.1) is 0 Å². The first-order valence-electron chi connectivity index (χ1n) is 4.96. The quantitative estimate of drug-likeness (QED) is 0.630. The van der Waals surface area contributed by atoms with Crippen LogP contribution in [-0.4, -0.2) is 19.5 Å². The van der Waals surface area contributed by atoms with Gasteiger partial charge < -0.3 is 0 Å². The third-order valence-corrected chi connectivity index (χ3v) is 3.53. The van der Waals surface area contributed by atoms with Crippen LogP contribution in [0.15, 0.2) is 35.3 Å². The van der Waals surface area contributed by atoms with Gasteiger partial charge in [0.1, 0.15) is 18.2 Å². The summed E-state index contributed by atoms with van der Waals surface area (Å²) in [5.41, 5.74) is 1.97. The average molecular weight is 344 g/mol. The van der Waals surface area contributed by atoms with Gasteiger partial charge in [0.2, 0.25) is 0 Å². The first-order chi connectivity index (χ1) is 8.66. The molecule has 2 aromatic heterocycles. The second-order valence-corrected chi connectivity index (χ2v) is 5.23. The van der Waals surface area contributed by atoms with Crippen LogP contribution >= 0.6 is 39.1 Å². The average Bonchev–Trinajstić information content (AvgIpc) is 2.74. The second-order valence-electron chi connectivity index (χ2n) is 3.55. The number of rotatable bonds is 1. The van der Waals surface area contributed by atoms with E-state index in [4.69, 9.17) is 23.2 Å². The topological polar surface area (TPSA) is 43.6 Å². The summed E-state index contributed by atoms with van der Waals surface area (Å²) in [5.74, 6) is 0. The fraction of sp³-hybridized carbons (Fsp3) is 0. The maximum absolute atomic E-state index is 6.21. The Balaban J connectivity index is 2.29. The Hall–Kier alpha value is -1.17. The predicted molar refractivity (Wildman–Crippen MR) is 74.4 cm³/mol. The van der Waals surface area contributed by atoms with Crippen LogP contribution in [0.3, 0.4) is 0 Å². The van der Waals surface area contributed by atoms with Crippen molar-refractivity contribution in [3.8, 4) is 5.69 Å². The van der Waals surface area contributed by atoms with Crippen LogP contribution in [0.25, 0.3) is 16.9 Å². The van der Waals surface area contributed by atoms with Gasteiger partial charge in [0, 0.05) is 4.47 Å². The standard InChI is InChI=1S/C11H5BrCl2N4/c12-6-1-2-8(7(13)3-6)18-5-17-9-10(14)15-4-16-11(9)18/h1-5H. The molecule has 18 heavy (non-hydrogen) atoms. The van der Waals surface area contributed by atoms with Crippen molar-refractivity contribution in [2.75, 3.05) is 0 Å². The van der Waals surface area contributed by atoms with Gasteiger partial charge in [0.15, 0.2) is 10.8 Å². The predicted octanol–water partition coefficient (Wildman–Crippen LogP) is 3.88. The molecule has 3 aromatic rings. The number of fused-ring (bicyclic) bond motifs is 1. The molecule has 3 rings (SSSR count). The lowest BCUT2D eigenvalue weighted by Crippen LogP contribution is -1.95. The molecule has 0 atom stereocenters. The highest BCUT2D eigenvalue weighted by molar-refractivity contribution is 9.10. The van der Waals surface area contributed by atoms with Crippen LogP contribution < -0.4 is 0 Å². The molecule has 4 nitrogen and oxygen atoms in total. The van der Waals surface area contributed by atoms with Crippen molar-refractivity contribution in [3.63, 3.8) is 0 Å². The first kappa shape index (κ1) is 11.9. The van der Waals surface area contributed by atoms with Crippen LogP contribution in [0.5, 0.6) is 0 Å². The van der Waals surface area contributed by atoms with Gasteiger partial charge >= 0.3 is 0 Å². The zero-order chi connectivity index (χ0) is 12.7. The Bertz CT molecular complexity index is 741. The zero-order valence-corrected chi connectivity index (χ0v) is 11.9. The number of halogens is 3. The summed E-state index contributed by atoms with van der Waals surface area (Å²) >= 11 is 15.5. The smallest absolute Gasteiger partial charge is 0.169 e. The lowest BCUT2D eigenvalue weighted by atomic mass is 10.3. The molecule has 1 aromatic carbocycles. The van der Waals surface area contributed by atoms with Crippen LogP contribution in [0.1, 0.15) is 0 Å². The number of hydrogen-bond donors (Lipinski definition) is 0. The molecule has 0 aliphatic carbocycles. The van der Waals surface area contributed by atoms with Crippen molar-refractivity contribution in [2.45, 2.75) is 0 Å². The van der Waals surface area contributed by atoms with Crippen LogP contribution in [-0.2, 0) is 0 Å². The molecule has 0 spiro atoms. The van der Waals surface area contributed by atoms with Crippen molar-refractivity contribution < 1.29 is 0 Å². The fourth-order valence-corrected chi connectivity index (χ4v) is 2.60. The molecule has 0 amide bonds. The normalized spacial score (nSPS) is 11.1. The number of aromatic nitrogens is 4. The minimum atomic E-state index is 0.326. The molecular weight excluding hydrogens is 339 g/mol. The summed E-state index contributed by atoms with van der Waals surface area (Å²) in [6.45, 7) is 0. The Morgan fingerprint density at radius 2 is 1.94 bits per heavy atom. The third kappa shape index (κ3) is 1.88. The lowest BCUT2D eigenvalue weighted by Gasteiger charge is -2.06. The van der Waals surface area contributed by atoms with E-state index >= 15 is 0 Å². The van der Waals surface area contributed by atoms with E-state index in [1.807, 2.05) is 18.2 Å². The van der Waals surface area contributed by atoms with Gasteiger partial charge in [-0.05, 0) is 18.2 Å². The van der Waals surface area contributed by atoms with Gasteiger partial charge in [0.05, 0.1) is 10.7 Å². The van der Waals surface area contributed by atoms with Gasteiger partial charge in [-0.1, -0.05) is 39.1 Å². The largest absolute Gasteiger partial charge is 0.282 e. The van der Waals surface area contributed by atoms with E-state index in [-0.39, 0.29) is 0 Å². The maximum atomic E-state index is 6.21. The maximum Gasteiger partial charge on any atom is 0.169 e. The number of imidazole rings is 1. The van der Waals surface area contributed by atoms with E-state index in [1.54, 1.807) is 10.9 Å². The SMILES string of the molecule is Clc1cc(Br)ccc1-n1cnc2c(Cl)ncnc21. The van der Waals surface area contributed by atoms with E-state index in [9.17, 15) is 0 Å². The summed E-state index contributed by atoms with van der Waals surface area (Å²) in [4.78, 5) is 12.3. The van der Waals surface area contributed by atoms with Crippen molar-refractivity contribution in [3.05, 3.63) is 45.5 Å². The van der Waals surface area contributed by atoms with Crippen molar-refractivity contribution in [1.82, 2.24) is 19.5 Å². The Kier molecular flexibility index (Phi) is 2.97. The number of hydrogen-bond acceptors (Lipinski definition) is 3. The van der Waals surface area contributed by atoms with E-state index in [0.717, 1.165) is 10.2 Å². The summed E-state index contributed by atoms with van der Waals surface area (Å²) in [6.07, 6.45) is 3.02. The highest BCUT2D eigenvalue weighted by Gasteiger charge is 2.11. The minimum absolute atomic E-state index is 0.326. The highest BCUT2D eigenvalue weighted by Crippen LogP contribution is 2.27. The van der Waals surface area contributed by atoms with E-state index in [2.05, 4.69) is 30.9 Å². The number of benzene rings is 1. The molecule has 7 heteroatoms. The van der Waals surface area contributed by atoms with Gasteiger partial charge in [-0.2, -0.15) is 0 Å². The van der Waals surface area contributed by atoms with E-state index in [0.29, 0.717) is 21.3 Å². The molecule has 0 aliphatic heterocycles. The molecule has 90 valence electrons. The molecule has 0 bridgehead atoms. The van der Waals surface area contributed by atoms with E-state index < -0.39 is 0 Å². The van der Waals surface area contributed by atoms with Gasteiger partial charge in [-0.15, -0.1) is 0 Å². The van der Waals surface area contributed by atoms with Gasteiger partial charge in [0.25, 0.3) is 0 Å². The van der Waals surface area contributed by atoms with Crippen LogP contribution in [0.4, 0.5) is 0 Å². The third-order valence-electron chi connectivity index (χ3n) is 2.46. The second kappa shape index (κ2) is 4.50. The summed E-state index contributed by atoms with van der Waals surface area (Å²) in [6, 6.07) is 5.59. The fourth-order valence-electron chi connectivity index (χ4n) is 1.66. The molecule has 0 saturated heterocycles. The Morgan fingerprint density at radius 3 is 2.72 bits per heavy atom. The van der Waals surface area contributed by atoms with Crippen LogP contribution in [0.2, 0.25) is 10.2 Å². The van der Waals surface area contributed by atoms with Crippen molar-refractivity contribution in [2.24, 2.45) is 0 Å². The summed E-state index contributed by atoms with van der Waals surface area (Å²) < 4.78 is 2.69.